The van der Waals surface area contributed by atoms with Gasteiger partial charge in [-0.3, -0.25) is 4.79 Å². The predicted molar refractivity (Wildman–Crippen MR) is 83.6 cm³/mol. The summed E-state index contributed by atoms with van der Waals surface area (Å²) in [5.41, 5.74) is 1.59. The lowest BCUT2D eigenvalue weighted by Gasteiger charge is -2.24. The van der Waals surface area contributed by atoms with Crippen LogP contribution in [0.2, 0.25) is 0 Å². The highest BCUT2D eigenvalue weighted by Gasteiger charge is 2.19. The Hall–Kier alpha value is -2.75. The number of benzene rings is 2. The molecule has 1 amide bonds. The largest absolute Gasteiger partial charge is 0.308 e. The minimum Gasteiger partial charge on any atom is -0.308 e. The molecule has 0 spiro atoms. The van der Waals surface area contributed by atoms with E-state index in [0.717, 1.165) is 6.29 Å². The Morgan fingerprint density at radius 3 is 2.27 bits per heavy atom. The Bertz CT molecular complexity index is 665. The minimum atomic E-state index is -0.356. The van der Waals surface area contributed by atoms with E-state index in [1.165, 1.54) is 17.0 Å². The lowest BCUT2D eigenvalue weighted by molar-refractivity contribution is -0.107. The van der Waals surface area contributed by atoms with Crippen LogP contribution in [0.3, 0.4) is 0 Å². The molecule has 0 atom stereocenters. The standard InChI is InChI=1S/C18H16FNO2/c1-14(15-8-10-17(19)11-9-15)20(12-5-13-21)18(22)16-6-3-2-4-7-16/h2-4,6-11,13H,1,5,12H2. The van der Waals surface area contributed by atoms with E-state index in [1.807, 2.05) is 6.07 Å². The van der Waals surface area contributed by atoms with E-state index < -0.39 is 0 Å². The van der Waals surface area contributed by atoms with Gasteiger partial charge in [-0.2, -0.15) is 0 Å². The smallest absolute Gasteiger partial charge is 0.258 e. The molecule has 4 heteroatoms. The molecule has 0 aliphatic heterocycles. The minimum absolute atomic E-state index is 0.207. The van der Waals surface area contributed by atoms with Gasteiger partial charge in [0.15, 0.2) is 0 Å². The van der Waals surface area contributed by atoms with Crippen LogP contribution in [0.5, 0.6) is 0 Å². The van der Waals surface area contributed by atoms with Gasteiger partial charge in [0.2, 0.25) is 0 Å². The number of rotatable bonds is 6. The van der Waals surface area contributed by atoms with Gasteiger partial charge in [-0.25, -0.2) is 4.39 Å². The Morgan fingerprint density at radius 1 is 1.05 bits per heavy atom. The van der Waals surface area contributed by atoms with Crippen LogP contribution in [-0.2, 0) is 4.79 Å². The van der Waals surface area contributed by atoms with E-state index in [0.29, 0.717) is 16.8 Å². The number of hydrogen-bond acceptors (Lipinski definition) is 2. The maximum Gasteiger partial charge on any atom is 0.258 e. The predicted octanol–water partition coefficient (Wildman–Crippen LogP) is 3.53. The van der Waals surface area contributed by atoms with E-state index in [-0.39, 0.29) is 24.7 Å². The normalized spacial score (nSPS) is 10.0. The first kappa shape index (κ1) is 15.6. The molecule has 2 aromatic rings. The van der Waals surface area contributed by atoms with Gasteiger partial charge in [-0.15, -0.1) is 0 Å². The summed E-state index contributed by atoms with van der Waals surface area (Å²) in [6, 6.07) is 14.5. The van der Waals surface area contributed by atoms with Gasteiger partial charge in [0.05, 0.1) is 0 Å². The molecule has 0 bridgehead atoms. The molecule has 0 aliphatic carbocycles. The van der Waals surface area contributed by atoms with Crippen LogP contribution in [0.4, 0.5) is 4.39 Å². The molecular weight excluding hydrogens is 281 g/mol. The molecule has 3 nitrogen and oxygen atoms in total. The van der Waals surface area contributed by atoms with Crippen molar-refractivity contribution in [2.75, 3.05) is 6.54 Å². The molecule has 0 saturated heterocycles. The third-order valence-corrected chi connectivity index (χ3v) is 3.24. The molecule has 2 rings (SSSR count). The van der Waals surface area contributed by atoms with Crippen molar-refractivity contribution in [1.29, 1.82) is 0 Å². The number of carbonyl (C=O) groups is 2. The zero-order chi connectivity index (χ0) is 15.9. The van der Waals surface area contributed by atoms with E-state index >= 15 is 0 Å². The highest BCUT2D eigenvalue weighted by atomic mass is 19.1. The number of amides is 1. The zero-order valence-corrected chi connectivity index (χ0v) is 12.0. The molecule has 0 radical (unpaired) electrons. The lowest BCUT2D eigenvalue weighted by Crippen LogP contribution is -2.30. The number of carbonyl (C=O) groups excluding carboxylic acids is 2. The van der Waals surface area contributed by atoms with E-state index in [1.54, 1.807) is 36.4 Å². The summed E-state index contributed by atoms with van der Waals surface area (Å²) in [6.45, 7) is 4.15. The van der Waals surface area contributed by atoms with Crippen LogP contribution >= 0.6 is 0 Å². The van der Waals surface area contributed by atoms with Crippen LogP contribution in [0.1, 0.15) is 22.3 Å². The summed E-state index contributed by atoms with van der Waals surface area (Å²) >= 11 is 0. The Kier molecular flexibility index (Phi) is 5.20. The van der Waals surface area contributed by atoms with Crippen molar-refractivity contribution in [3.05, 3.63) is 78.1 Å². The van der Waals surface area contributed by atoms with E-state index in [2.05, 4.69) is 6.58 Å². The fourth-order valence-corrected chi connectivity index (χ4v) is 2.08. The second-order valence-corrected chi connectivity index (χ2v) is 4.73. The quantitative estimate of drug-likeness (QED) is 0.765. The molecular formula is C18H16FNO2. The highest BCUT2D eigenvalue weighted by molar-refractivity contribution is 5.99. The molecule has 112 valence electrons. The fraction of sp³-hybridized carbons (Fsp3) is 0.111. The van der Waals surface area contributed by atoms with Gasteiger partial charge in [0, 0.05) is 24.2 Å². The third-order valence-electron chi connectivity index (χ3n) is 3.24. The van der Waals surface area contributed by atoms with Crippen LogP contribution in [0.25, 0.3) is 5.70 Å². The van der Waals surface area contributed by atoms with Crippen molar-refractivity contribution in [2.45, 2.75) is 6.42 Å². The lowest BCUT2D eigenvalue weighted by atomic mass is 10.1. The summed E-state index contributed by atoms with van der Waals surface area (Å²) in [4.78, 5) is 24.7. The summed E-state index contributed by atoms with van der Waals surface area (Å²) in [5, 5.41) is 0. The van der Waals surface area contributed by atoms with Gasteiger partial charge < -0.3 is 9.69 Å². The van der Waals surface area contributed by atoms with Crippen LogP contribution < -0.4 is 0 Å². The summed E-state index contributed by atoms with van der Waals surface area (Å²) in [7, 11) is 0. The van der Waals surface area contributed by atoms with Gasteiger partial charge in [0.25, 0.3) is 5.91 Å². The number of hydrogen-bond donors (Lipinski definition) is 0. The second-order valence-electron chi connectivity index (χ2n) is 4.73. The molecule has 0 aliphatic rings. The zero-order valence-electron chi connectivity index (χ0n) is 12.0. The summed E-state index contributed by atoms with van der Waals surface area (Å²) < 4.78 is 13.0. The molecule has 0 N–H and O–H groups in total. The third kappa shape index (κ3) is 3.67. The van der Waals surface area contributed by atoms with Crippen molar-refractivity contribution in [1.82, 2.24) is 4.90 Å². The second kappa shape index (κ2) is 7.31. The van der Waals surface area contributed by atoms with Gasteiger partial charge in [-0.05, 0) is 29.8 Å². The molecule has 2 aromatic carbocycles. The van der Waals surface area contributed by atoms with Crippen molar-refractivity contribution in [3.63, 3.8) is 0 Å². The number of halogens is 1. The van der Waals surface area contributed by atoms with Crippen molar-refractivity contribution in [3.8, 4) is 0 Å². The monoisotopic (exact) mass is 297 g/mol. The fourth-order valence-electron chi connectivity index (χ4n) is 2.08. The highest BCUT2D eigenvalue weighted by Crippen LogP contribution is 2.20. The Morgan fingerprint density at radius 2 is 1.68 bits per heavy atom. The first-order valence-corrected chi connectivity index (χ1v) is 6.89. The maximum atomic E-state index is 13.0. The van der Waals surface area contributed by atoms with E-state index in [9.17, 15) is 14.0 Å². The Labute approximate surface area is 128 Å². The van der Waals surface area contributed by atoms with Crippen LogP contribution in [-0.4, -0.2) is 23.6 Å². The van der Waals surface area contributed by atoms with Crippen molar-refractivity contribution >= 4 is 17.9 Å². The van der Waals surface area contributed by atoms with Crippen molar-refractivity contribution < 1.29 is 14.0 Å². The van der Waals surface area contributed by atoms with Crippen LogP contribution in [0, 0.1) is 5.82 Å². The molecule has 0 fully saturated rings. The average molecular weight is 297 g/mol. The molecule has 22 heavy (non-hydrogen) atoms. The number of aldehydes is 1. The first-order valence-electron chi connectivity index (χ1n) is 6.89. The summed E-state index contributed by atoms with van der Waals surface area (Å²) in [5.74, 6) is -0.595. The molecule has 0 heterocycles. The van der Waals surface area contributed by atoms with Crippen LogP contribution in [0.15, 0.2) is 61.2 Å². The van der Waals surface area contributed by atoms with E-state index in [4.69, 9.17) is 0 Å². The maximum absolute atomic E-state index is 13.0. The Balaban J connectivity index is 2.29. The van der Waals surface area contributed by atoms with Crippen molar-refractivity contribution in [2.24, 2.45) is 0 Å². The SMILES string of the molecule is C=C(c1ccc(F)cc1)N(CCC=O)C(=O)c1ccccc1. The first-order chi connectivity index (χ1) is 10.6. The van der Waals surface area contributed by atoms with Gasteiger partial charge in [-0.1, -0.05) is 36.9 Å². The molecule has 0 aromatic heterocycles. The average Bonchev–Trinajstić information content (AvgIpc) is 2.56. The number of nitrogens with zero attached hydrogens (tertiary/aromatic N) is 1. The molecule has 0 saturated carbocycles. The van der Waals surface area contributed by atoms with Gasteiger partial charge >= 0.3 is 0 Å². The summed E-state index contributed by atoms with van der Waals surface area (Å²) in [6.07, 6.45) is 0.960. The topological polar surface area (TPSA) is 37.4 Å². The van der Waals surface area contributed by atoms with Gasteiger partial charge in [0.1, 0.15) is 12.1 Å². The molecule has 0 unspecified atom stereocenters.